The molecule has 0 fully saturated rings. The van der Waals surface area contributed by atoms with E-state index in [1.165, 1.54) is 5.56 Å². The monoisotopic (exact) mass is 355 g/mol. The van der Waals surface area contributed by atoms with Crippen LogP contribution in [0.15, 0.2) is 66.7 Å². The van der Waals surface area contributed by atoms with Crippen LogP contribution in [0.3, 0.4) is 0 Å². The maximum Gasteiger partial charge on any atom is 0.293 e. The van der Waals surface area contributed by atoms with E-state index in [9.17, 15) is 15.4 Å². The summed E-state index contributed by atoms with van der Waals surface area (Å²) >= 11 is 0. The van der Waals surface area contributed by atoms with Gasteiger partial charge in [0.1, 0.15) is 5.69 Å². The van der Waals surface area contributed by atoms with E-state index in [0.29, 0.717) is 22.4 Å². The fourth-order valence-electron chi connectivity index (χ4n) is 3.68. The van der Waals surface area contributed by atoms with Crippen molar-refractivity contribution in [2.24, 2.45) is 0 Å². The number of hydrogen-bond donors (Lipinski definition) is 0. The van der Waals surface area contributed by atoms with Crippen LogP contribution in [0.25, 0.3) is 11.1 Å². The van der Waals surface area contributed by atoms with E-state index in [2.05, 4.69) is 12.1 Å². The molecule has 0 atom stereocenters. The number of aryl methyl sites for hydroxylation is 1. The summed E-state index contributed by atoms with van der Waals surface area (Å²) in [5, 5.41) is 21.2. The molecule has 0 aliphatic carbocycles. The van der Waals surface area contributed by atoms with Crippen LogP contribution in [0, 0.1) is 21.4 Å². The van der Waals surface area contributed by atoms with Crippen molar-refractivity contribution in [2.75, 3.05) is 11.4 Å². The summed E-state index contributed by atoms with van der Waals surface area (Å²) in [5.41, 5.74) is 4.75. The van der Waals surface area contributed by atoms with Gasteiger partial charge in [0.25, 0.3) is 5.69 Å². The Kier molecular flexibility index (Phi) is 4.31. The Morgan fingerprint density at radius 2 is 1.78 bits per heavy atom. The third-order valence-electron chi connectivity index (χ3n) is 4.93. The van der Waals surface area contributed by atoms with E-state index in [-0.39, 0.29) is 10.6 Å². The highest BCUT2D eigenvalue weighted by Gasteiger charge is 2.25. The number of nitro groups is 1. The zero-order valence-corrected chi connectivity index (χ0v) is 14.6. The van der Waals surface area contributed by atoms with Crippen LogP contribution in [0.2, 0.25) is 0 Å². The predicted octanol–water partition coefficient (Wildman–Crippen LogP) is 5.22. The van der Waals surface area contributed by atoms with Crippen molar-refractivity contribution >= 4 is 17.1 Å². The number of nitriles is 1. The van der Waals surface area contributed by atoms with Crippen LogP contribution in [0.5, 0.6) is 0 Å². The second-order valence-electron chi connectivity index (χ2n) is 6.50. The van der Waals surface area contributed by atoms with Crippen LogP contribution in [0.4, 0.5) is 17.1 Å². The van der Waals surface area contributed by atoms with Gasteiger partial charge in [-0.3, -0.25) is 10.1 Å². The Hall–Kier alpha value is -3.65. The zero-order valence-electron chi connectivity index (χ0n) is 14.6. The average Bonchev–Trinajstić information content (AvgIpc) is 2.73. The van der Waals surface area contributed by atoms with Crippen molar-refractivity contribution in [1.82, 2.24) is 0 Å². The van der Waals surface area contributed by atoms with E-state index in [1.54, 1.807) is 24.3 Å². The highest BCUT2D eigenvalue weighted by Crippen LogP contribution is 2.40. The molecule has 0 N–H and O–H groups in total. The largest absolute Gasteiger partial charge is 0.336 e. The highest BCUT2D eigenvalue weighted by atomic mass is 16.6. The number of nitro benzene ring substituents is 1. The minimum absolute atomic E-state index is 0.0527. The quantitative estimate of drug-likeness (QED) is 0.477. The van der Waals surface area contributed by atoms with Crippen LogP contribution < -0.4 is 4.90 Å². The lowest BCUT2D eigenvalue weighted by molar-refractivity contribution is -0.384. The molecule has 4 rings (SSSR count). The Morgan fingerprint density at radius 3 is 2.59 bits per heavy atom. The van der Waals surface area contributed by atoms with Gasteiger partial charge in [0, 0.05) is 18.3 Å². The lowest BCUT2D eigenvalue weighted by Gasteiger charge is -2.31. The number of para-hydroxylation sites is 1. The third-order valence-corrected chi connectivity index (χ3v) is 4.93. The molecular weight excluding hydrogens is 338 g/mol. The summed E-state index contributed by atoms with van der Waals surface area (Å²) in [7, 11) is 0. The summed E-state index contributed by atoms with van der Waals surface area (Å²) in [6.45, 7) is 0.742. The maximum absolute atomic E-state index is 11.8. The first-order chi connectivity index (χ1) is 13.2. The molecule has 1 aliphatic heterocycles. The molecule has 5 nitrogen and oxygen atoms in total. The summed E-state index contributed by atoms with van der Waals surface area (Å²) < 4.78 is 0. The molecule has 3 aromatic rings. The van der Waals surface area contributed by atoms with Crippen molar-refractivity contribution in [3.63, 3.8) is 0 Å². The Morgan fingerprint density at radius 1 is 1.00 bits per heavy atom. The van der Waals surface area contributed by atoms with Crippen LogP contribution >= 0.6 is 0 Å². The van der Waals surface area contributed by atoms with E-state index < -0.39 is 0 Å². The minimum atomic E-state index is -0.342. The van der Waals surface area contributed by atoms with Crippen molar-refractivity contribution < 1.29 is 4.92 Å². The lowest BCUT2D eigenvalue weighted by atomic mass is 9.97. The van der Waals surface area contributed by atoms with E-state index in [1.807, 2.05) is 41.3 Å². The molecule has 5 heteroatoms. The molecule has 0 saturated carbocycles. The third kappa shape index (κ3) is 3.02. The molecule has 1 aliphatic rings. The Bertz CT molecular complexity index is 1070. The number of anilines is 2. The molecule has 0 saturated heterocycles. The molecule has 0 spiro atoms. The molecule has 132 valence electrons. The fraction of sp³-hybridized carbons (Fsp3) is 0.136. The van der Waals surface area contributed by atoms with Gasteiger partial charge in [-0.15, -0.1) is 0 Å². The molecule has 0 radical (unpaired) electrons. The number of hydrogen-bond acceptors (Lipinski definition) is 4. The molecule has 0 amide bonds. The van der Waals surface area contributed by atoms with Gasteiger partial charge in [-0.05, 0) is 47.7 Å². The molecule has 27 heavy (non-hydrogen) atoms. The molecule has 0 unspecified atom stereocenters. The van der Waals surface area contributed by atoms with Crippen molar-refractivity contribution in [1.29, 1.82) is 5.26 Å². The molecule has 0 aromatic heterocycles. The first kappa shape index (κ1) is 16.8. The second kappa shape index (κ2) is 6.93. The summed E-state index contributed by atoms with van der Waals surface area (Å²) in [6, 6.07) is 22.6. The maximum atomic E-state index is 11.8. The smallest absolute Gasteiger partial charge is 0.293 e. The number of nitrogens with zero attached hydrogens (tertiary/aromatic N) is 3. The normalized spacial score (nSPS) is 12.9. The van der Waals surface area contributed by atoms with Gasteiger partial charge in [-0.1, -0.05) is 42.5 Å². The number of rotatable bonds is 3. The average molecular weight is 355 g/mol. The predicted molar refractivity (Wildman–Crippen MR) is 105 cm³/mol. The Balaban J connectivity index is 1.85. The van der Waals surface area contributed by atoms with Gasteiger partial charge in [0.2, 0.25) is 0 Å². The van der Waals surface area contributed by atoms with Gasteiger partial charge in [0.15, 0.2) is 0 Å². The highest BCUT2D eigenvalue weighted by molar-refractivity contribution is 5.81. The van der Waals surface area contributed by atoms with Crippen molar-refractivity contribution in [3.05, 3.63) is 88.0 Å². The van der Waals surface area contributed by atoms with Crippen LogP contribution in [-0.4, -0.2) is 11.5 Å². The summed E-state index contributed by atoms with van der Waals surface area (Å²) in [6.07, 6.45) is 1.93. The van der Waals surface area contributed by atoms with E-state index in [0.717, 1.165) is 25.1 Å². The molecule has 0 bridgehead atoms. The van der Waals surface area contributed by atoms with Gasteiger partial charge in [0.05, 0.1) is 16.6 Å². The summed E-state index contributed by atoms with van der Waals surface area (Å²) in [4.78, 5) is 13.5. The fourth-order valence-corrected chi connectivity index (χ4v) is 3.68. The minimum Gasteiger partial charge on any atom is -0.336 e. The number of fused-ring (bicyclic) bond motifs is 1. The first-order valence-corrected chi connectivity index (χ1v) is 8.82. The SMILES string of the molecule is N#Cc1ccccc1-c1ccc(N2CCCc3ccccc32)c([N+](=O)[O-])c1. The Labute approximate surface area is 157 Å². The van der Waals surface area contributed by atoms with Gasteiger partial charge >= 0.3 is 0 Å². The molecule has 1 heterocycles. The number of benzene rings is 3. The zero-order chi connectivity index (χ0) is 18.8. The van der Waals surface area contributed by atoms with Crippen molar-refractivity contribution in [2.45, 2.75) is 12.8 Å². The van der Waals surface area contributed by atoms with Gasteiger partial charge < -0.3 is 4.90 Å². The lowest BCUT2D eigenvalue weighted by Crippen LogP contribution is -2.25. The summed E-state index contributed by atoms with van der Waals surface area (Å²) in [5.74, 6) is 0. The van der Waals surface area contributed by atoms with Crippen LogP contribution in [0.1, 0.15) is 17.5 Å². The molecule has 3 aromatic carbocycles. The van der Waals surface area contributed by atoms with E-state index >= 15 is 0 Å². The van der Waals surface area contributed by atoms with Gasteiger partial charge in [-0.2, -0.15) is 5.26 Å². The van der Waals surface area contributed by atoms with Crippen molar-refractivity contribution in [3.8, 4) is 17.2 Å². The first-order valence-electron chi connectivity index (χ1n) is 8.82. The van der Waals surface area contributed by atoms with Gasteiger partial charge in [-0.25, -0.2) is 0 Å². The van der Waals surface area contributed by atoms with Crippen LogP contribution in [-0.2, 0) is 6.42 Å². The standard InChI is InChI=1S/C22H17N3O2/c23-15-18-7-1-3-9-19(18)17-11-12-21(22(14-17)25(26)27)24-13-5-8-16-6-2-4-10-20(16)24/h1-4,6-7,9-12,14H,5,8,13H2. The van der Waals surface area contributed by atoms with E-state index in [4.69, 9.17) is 0 Å². The molecular formula is C22H17N3O2. The second-order valence-corrected chi connectivity index (χ2v) is 6.50. The topological polar surface area (TPSA) is 70.2 Å².